The highest BCUT2D eigenvalue weighted by molar-refractivity contribution is 6.77. The van der Waals surface area contributed by atoms with Gasteiger partial charge in [0.25, 0.3) is 0 Å². The van der Waals surface area contributed by atoms with Crippen LogP contribution in [0.4, 0.5) is 4.79 Å². The van der Waals surface area contributed by atoms with Gasteiger partial charge in [0.2, 0.25) is 0 Å². The molecule has 1 rings (SSSR count). The Morgan fingerprint density at radius 2 is 1.76 bits per heavy atom. The highest BCUT2D eigenvalue weighted by Gasteiger charge is 2.43. The van der Waals surface area contributed by atoms with E-state index in [1.807, 2.05) is 25.7 Å². The van der Waals surface area contributed by atoms with Gasteiger partial charge in [0.05, 0.1) is 8.07 Å². The third kappa shape index (κ3) is 3.73. The number of hydrogen-bond acceptors (Lipinski definition) is 2. The normalized spacial score (nSPS) is 26.2. The van der Waals surface area contributed by atoms with Gasteiger partial charge in [-0.3, -0.25) is 0 Å². The zero-order chi connectivity index (χ0) is 13.4. The maximum atomic E-state index is 12.3. The molecule has 1 amide bonds. The lowest BCUT2D eigenvalue weighted by Crippen LogP contribution is -2.53. The van der Waals surface area contributed by atoms with Gasteiger partial charge < -0.3 is 9.64 Å². The van der Waals surface area contributed by atoms with E-state index in [1.54, 1.807) is 0 Å². The van der Waals surface area contributed by atoms with Gasteiger partial charge in [0, 0.05) is 11.7 Å². The minimum Gasteiger partial charge on any atom is -0.444 e. The third-order valence-electron chi connectivity index (χ3n) is 3.27. The molecule has 0 radical (unpaired) electrons. The molecule has 0 spiro atoms. The molecule has 1 aliphatic heterocycles. The number of ether oxygens (including phenoxy) is 1. The molecule has 3 nitrogen and oxygen atoms in total. The summed E-state index contributed by atoms with van der Waals surface area (Å²) in [4.78, 5) is 14.3. The van der Waals surface area contributed by atoms with Gasteiger partial charge in [-0.1, -0.05) is 19.6 Å². The van der Waals surface area contributed by atoms with Crippen LogP contribution in [0, 0.1) is 0 Å². The van der Waals surface area contributed by atoms with Crippen LogP contribution in [0.25, 0.3) is 0 Å². The van der Waals surface area contributed by atoms with E-state index in [9.17, 15) is 4.79 Å². The Bertz CT molecular complexity index is 291. The molecule has 0 aliphatic carbocycles. The number of hydrogen-bond donors (Lipinski definition) is 0. The average Bonchev–Trinajstić information content (AvgIpc) is 2.42. The van der Waals surface area contributed by atoms with E-state index in [0.717, 1.165) is 12.8 Å². The summed E-state index contributed by atoms with van der Waals surface area (Å²) in [6.07, 6.45) is 2.11. The van der Waals surface area contributed by atoms with Crippen LogP contribution >= 0.6 is 0 Å². The lowest BCUT2D eigenvalue weighted by molar-refractivity contribution is 0.0207. The Hall–Kier alpha value is -0.513. The average molecular weight is 257 g/mol. The molecule has 2 unspecified atom stereocenters. The van der Waals surface area contributed by atoms with Crippen LogP contribution in [-0.2, 0) is 4.74 Å². The quantitative estimate of drug-likeness (QED) is 0.671. The number of likely N-dealkylation sites (tertiary alicyclic amines) is 1. The van der Waals surface area contributed by atoms with E-state index in [2.05, 4.69) is 26.6 Å². The van der Waals surface area contributed by atoms with Crippen LogP contribution in [0.15, 0.2) is 0 Å². The number of nitrogens with zero attached hydrogens (tertiary/aromatic N) is 1. The van der Waals surface area contributed by atoms with E-state index in [0.29, 0.717) is 11.7 Å². The molecular formula is C13H27NO2Si. The Labute approximate surface area is 107 Å². The van der Waals surface area contributed by atoms with Crippen molar-refractivity contribution >= 4 is 14.2 Å². The minimum atomic E-state index is -1.34. The summed E-state index contributed by atoms with van der Waals surface area (Å²) in [7, 11) is -1.34. The molecule has 0 aromatic carbocycles. The van der Waals surface area contributed by atoms with E-state index in [4.69, 9.17) is 4.74 Å². The van der Waals surface area contributed by atoms with E-state index < -0.39 is 13.7 Å². The van der Waals surface area contributed by atoms with Crippen LogP contribution in [0.5, 0.6) is 0 Å². The molecule has 100 valence electrons. The molecule has 0 bridgehead atoms. The van der Waals surface area contributed by atoms with Crippen molar-refractivity contribution in [3.05, 3.63) is 0 Å². The van der Waals surface area contributed by atoms with Crippen LogP contribution in [0.1, 0.15) is 40.5 Å². The van der Waals surface area contributed by atoms with Crippen molar-refractivity contribution in [3.63, 3.8) is 0 Å². The van der Waals surface area contributed by atoms with Gasteiger partial charge in [0.15, 0.2) is 0 Å². The van der Waals surface area contributed by atoms with E-state index in [-0.39, 0.29) is 6.09 Å². The second-order valence-corrected chi connectivity index (χ2v) is 12.6. The molecule has 17 heavy (non-hydrogen) atoms. The molecule has 0 aromatic heterocycles. The van der Waals surface area contributed by atoms with Crippen molar-refractivity contribution in [2.45, 2.75) is 77.5 Å². The first-order chi connectivity index (χ1) is 7.52. The lowest BCUT2D eigenvalue weighted by atomic mass is 10.2. The number of rotatable bonds is 1. The Kier molecular flexibility index (Phi) is 3.96. The second-order valence-electron chi connectivity index (χ2n) is 7.20. The largest absolute Gasteiger partial charge is 0.444 e. The molecule has 0 aromatic rings. The molecule has 1 fully saturated rings. The predicted molar refractivity (Wildman–Crippen MR) is 73.9 cm³/mol. The first-order valence-corrected chi connectivity index (χ1v) is 10.1. The van der Waals surface area contributed by atoms with Crippen molar-refractivity contribution in [3.8, 4) is 0 Å². The molecule has 2 atom stereocenters. The van der Waals surface area contributed by atoms with Gasteiger partial charge in [-0.25, -0.2) is 4.79 Å². The van der Waals surface area contributed by atoms with Crippen molar-refractivity contribution in [2.75, 3.05) is 0 Å². The fourth-order valence-electron chi connectivity index (χ4n) is 2.46. The molecule has 0 saturated carbocycles. The van der Waals surface area contributed by atoms with Gasteiger partial charge in [-0.2, -0.15) is 0 Å². The third-order valence-corrected chi connectivity index (χ3v) is 5.84. The monoisotopic (exact) mass is 257 g/mol. The molecule has 1 saturated heterocycles. The number of carbonyl (C=O) groups excluding carboxylic acids is 1. The second kappa shape index (κ2) is 4.63. The zero-order valence-corrected chi connectivity index (χ0v) is 13.3. The fourth-order valence-corrected chi connectivity index (χ4v) is 4.68. The van der Waals surface area contributed by atoms with Crippen LogP contribution < -0.4 is 0 Å². The van der Waals surface area contributed by atoms with E-state index in [1.165, 1.54) is 0 Å². The summed E-state index contributed by atoms with van der Waals surface area (Å²) in [6, 6.07) is 0.321. The molecule has 1 heterocycles. The molecule has 0 N–H and O–H groups in total. The Balaban J connectivity index is 2.82. The van der Waals surface area contributed by atoms with Crippen molar-refractivity contribution < 1.29 is 9.53 Å². The number of amides is 1. The summed E-state index contributed by atoms with van der Waals surface area (Å²) in [6.45, 7) is 14.9. The lowest BCUT2D eigenvalue weighted by Gasteiger charge is -2.36. The van der Waals surface area contributed by atoms with Gasteiger partial charge in [0.1, 0.15) is 5.60 Å². The van der Waals surface area contributed by atoms with Crippen molar-refractivity contribution in [1.82, 2.24) is 4.90 Å². The summed E-state index contributed by atoms with van der Waals surface area (Å²) >= 11 is 0. The van der Waals surface area contributed by atoms with Crippen molar-refractivity contribution in [1.29, 1.82) is 0 Å². The van der Waals surface area contributed by atoms with E-state index >= 15 is 0 Å². The maximum absolute atomic E-state index is 12.3. The summed E-state index contributed by atoms with van der Waals surface area (Å²) in [5.41, 5.74) is 0.0241. The standard InChI is InChI=1S/C13H27NO2Si/c1-10-8-9-11(17(5,6)7)14(10)12(15)16-13(2,3)4/h10-11H,8-9H2,1-7H3. The highest BCUT2D eigenvalue weighted by atomic mass is 28.3. The predicted octanol–water partition coefficient (Wildman–Crippen LogP) is 3.65. The Morgan fingerprint density at radius 1 is 1.24 bits per heavy atom. The SMILES string of the molecule is CC1CCC([Si](C)(C)C)N1C(=O)OC(C)(C)C. The number of carbonyl (C=O) groups is 1. The zero-order valence-electron chi connectivity index (χ0n) is 12.3. The summed E-state index contributed by atoms with van der Waals surface area (Å²) < 4.78 is 5.53. The summed E-state index contributed by atoms with van der Waals surface area (Å²) in [5, 5.41) is 0. The topological polar surface area (TPSA) is 29.5 Å². The van der Waals surface area contributed by atoms with Crippen LogP contribution in [-0.4, -0.2) is 36.4 Å². The summed E-state index contributed by atoms with van der Waals surface area (Å²) in [5.74, 6) is 0. The molecule has 4 heteroatoms. The smallest absolute Gasteiger partial charge is 0.410 e. The van der Waals surface area contributed by atoms with Crippen LogP contribution in [0.3, 0.4) is 0 Å². The first-order valence-electron chi connectivity index (χ1n) is 6.53. The van der Waals surface area contributed by atoms with Crippen molar-refractivity contribution in [2.24, 2.45) is 0 Å². The maximum Gasteiger partial charge on any atom is 0.410 e. The Morgan fingerprint density at radius 3 is 2.18 bits per heavy atom. The van der Waals surface area contributed by atoms with Gasteiger partial charge >= 0.3 is 6.09 Å². The van der Waals surface area contributed by atoms with Crippen LogP contribution in [0.2, 0.25) is 19.6 Å². The first kappa shape index (κ1) is 14.5. The minimum absolute atomic E-state index is 0.130. The van der Waals surface area contributed by atoms with Gasteiger partial charge in [-0.05, 0) is 40.5 Å². The van der Waals surface area contributed by atoms with Gasteiger partial charge in [-0.15, -0.1) is 0 Å². The highest BCUT2D eigenvalue weighted by Crippen LogP contribution is 2.31. The molecular weight excluding hydrogens is 230 g/mol. The molecule has 1 aliphatic rings. The fraction of sp³-hybridized carbons (Fsp3) is 0.923.